The summed E-state index contributed by atoms with van der Waals surface area (Å²) in [6.45, 7) is 2.93. The number of hydrogen-bond acceptors (Lipinski definition) is 4. The average molecular weight is 301 g/mol. The Kier molecular flexibility index (Phi) is 7.54. The Labute approximate surface area is 124 Å². The third-order valence-corrected chi connectivity index (χ3v) is 3.22. The molecule has 1 aromatic carbocycles. The molecule has 1 amide bonds. The van der Waals surface area contributed by atoms with Gasteiger partial charge in [-0.1, -0.05) is 29.8 Å². The number of carbonyl (C=O) groups is 1. The van der Waals surface area contributed by atoms with Crippen LogP contribution in [0.25, 0.3) is 0 Å². The van der Waals surface area contributed by atoms with Crippen molar-refractivity contribution in [2.24, 2.45) is 0 Å². The molecule has 20 heavy (non-hydrogen) atoms. The van der Waals surface area contributed by atoms with Crippen LogP contribution in [0.4, 0.5) is 0 Å². The van der Waals surface area contributed by atoms with Crippen molar-refractivity contribution in [1.29, 1.82) is 0 Å². The minimum Gasteiger partial charge on any atom is -0.387 e. The molecule has 1 aromatic rings. The molecule has 0 radical (unpaired) electrons. The summed E-state index contributed by atoms with van der Waals surface area (Å²) in [5.74, 6) is -0.131. The lowest BCUT2D eigenvalue weighted by Gasteiger charge is -2.18. The predicted molar refractivity (Wildman–Crippen MR) is 78.8 cm³/mol. The molecule has 112 valence electrons. The molecule has 2 atom stereocenters. The number of hydrogen-bond donors (Lipinski definition) is 3. The van der Waals surface area contributed by atoms with Gasteiger partial charge in [0.05, 0.1) is 18.8 Å². The second-order valence-electron chi connectivity index (χ2n) is 4.45. The van der Waals surface area contributed by atoms with E-state index in [0.717, 1.165) is 0 Å². The summed E-state index contributed by atoms with van der Waals surface area (Å²) in [5.41, 5.74) is 0.647. The van der Waals surface area contributed by atoms with Crippen LogP contribution in [0.2, 0.25) is 5.02 Å². The minimum atomic E-state index is -0.752. The Morgan fingerprint density at radius 3 is 2.80 bits per heavy atom. The molecule has 0 fully saturated rings. The first-order valence-electron chi connectivity index (χ1n) is 6.48. The second kappa shape index (κ2) is 8.92. The summed E-state index contributed by atoms with van der Waals surface area (Å²) in [6, 6.07) is 6.70. The molecule has 3 N–H and O–H groups in total. The van der Waals surface area contributed by atoms with Crippen LogP contribution >= 0.6 is 11.6 Å². The molecule has 0 aliphatic heterocycles. The van der Waals surface area contributed by atoms with Crippen molar-refractivity contribution >= 4 is 17.5 Å². The van der Waals surface area contributed by atoms with Gasteiger partial charge < -0.3 is 20.5 Å². The van der Waals surface area contributed by atoms with Crippen molar-refractivity contribution < 1.29 is 14.6 Å². The van der Waals surface area contributed by atoms with Gasteiger partial charge in [-0.2, -0.15) is 0 Å². The van der Waals surface area contributed by atoms with Crippen molar-refractivity contribution in [2.45, 2.75) is 19.1 Å². The van der Waals surface area contributed by atoms with Gasteiger partial charge in [-0.3, -0.25) is 4.79 Å². The number of nitrogens with one attached hydrogen (secondary N) is 2. The van der Waals surface area contributed by atoms with Crippen LogP contribution in [0, 0.1) is 0 Å². The first-order valence-corrected chi connectivity index (χ1v) is 6.86. The molecule has 0 aliphatic rings. The van der Waals surface area contributed by atoms with E-state index in [4.69, 9.17) is 16.3 Å². The molecule has 0 bridgehead atoms. The fourth-order valence-corrected chi connectivity index (χ4v) is 1.93. The number of aliphatic hydroxyl groups excluding tert-OH is 1. The van der Waals surface area contributed by atoms with Crippen molar-refractivity contribution in [3.8, 4) is 0 Å². The molecular weight excluding hydrogens is 280 g/mol. The van der Waals surface area contributed by atoms with Crippen LogP contribution in [0.3, 0.4) is 0 Å². The van der Waals surface area contributed by atoms with Gasteiger partial charge in [-0.25, -0.2) is 0 Å². The molecule has 2 unspecified atom stereocenters. The SMILES string of the molecule is COCCNC(=O)C(C)NCC(O)c1ccccc1Cl. The number of amides is 1. The van der Waals surface area contributed by atoms with Crippen LogP contribution in [-0.2, 0) is 9.53 Å². The van der Waals surface area contributed by atoms with Gasteiger partial charge in [-0.15, -0.1) is 0 Å². The summed E-state index contributed by atoms with van der Waals surface area (Å²) in [4.78, 5) is 11.7. The van der Waals surface area contributed by atoms with Gasteiger partial charge in [0.15, 0.2) is 0 Å². The maximum atomic E-state index is 11.7. The smallest absolute Gasteiger partial charge is 0.236 e. The zero-order chi connectivity index (χ0) is 15.0. The highest BCUT2D eigenvalue weighted by Gasteiger charge is 2.15. The maximum absolute atomic E-state index is 11.7. The summed E-state index contributed by atoms with van der Waals surface area (Å²) in [5, 5.41) is 16.3. The first-order chi connectivity index (χ1) is 9.56. The zero-order valence-corrected chi connectivity index (χ0v) is 12.5. The van der Waals surface area contributed by atoms with Crippen LogP contribution in [0.5, 0.6) is 0 Å². The van der Waals surface area contributed by atoms with Gasteiger partial charge in [0, 0.05) is 30.8 Å². The molecule has 0 saturated carbocycles. The number of aliphatic hydroxyl groups is 1. The van der Waals surface area contributed by atoms with Crippen LogP contribution in [0.1, 0.15) is 18.6 Å². The van der Waals surface area contributed by atoms with E-state index in [0.29, 0.717) is 23.7 Å². The summed E-state index contributed by atoms with van der Waals surface area (Å²) >= 11 is 6.00. The van der Waals surface area contributed by atoms with E-state index in [1.54, 1.807) is 32.2 Å². The van der Waals surface area contributed by atoms with Crippen molar-refractivity contribution in [3.63, 3.8) is 0 Å². The normalized spacial score (nSPS) is 13.8. The summed E-state index contributed by atoms with van der Waals surface area (Å²) in [6.07, 6.45) is -0.752. The topological polar surface area (TPSA) is 70.6 Å². The van der Waals surface area contributed by atoms with Gasteiger partial charge in [0.2, 0.25) is 5.91 Å². The number of ether oxygens (including phenoxy) is 1. The zero-order valence-electron chi connectivity index (χ0n) is 11.7. The lowest BCUT2D eigenvalue weighted by atomic mass is 10.1. The number of methoxy groups -OCH3 is 1. The highest BCUT2D eigenvalue weighted by molar-refractivity contribution is 6.31. The van der Waals surface area contributed by atoms with Crippen LogP contribution in [-0.4, -0.2) is 43.9 Å². The van der Waals surface area contributed by atoms with Crippen LogP contribution < -0.4 is 10.6 Å². The monoisotopic (exact) mass is 300 g/mol. The molecule has 0 saturated heterocycles. The van der Waals surface area contributed by atoms with E-state index in [-0.39, 0.29) is 12.5 Å². The Hall–Kier alpha value is -1.14. The molecular formula is C14H21ClN2O3. The van der Waals surface area contributed by atoms with Gasteiger partial charge in [0.1, 0.15) is 0 Å². The van der Waals surface area contributed by atoms with E-state index in [9.17, 15) is 9.90 Å². The van der Waals surface area contributed by atoms with E-state index >= 15 is 0 Å². The summed E-state index contributed by atoms with van der Waals surface area (Å²) < 4.78 is 4.85. The standard InChI is InChI=1S/C14H21ClN2O3/c1-10(14(19)16-7-8-20-2)17-9-13(18)11-5-3-4-6-12(11)15/h3-6,10,13,17-18H,7-9H2,1-2H3,(H,16,19). The number of halogens is 1. The average Bonchev–Trinajstić information content (AvgIpc) is 2.45. The molecule has 5 nitrogen and oxygen atoms in total. The maximum Gasteiger partial charge on any atom is 0.236 e. The Bertz CT molecular complexity index is 429. The van der Waals surface area contributed by atoms with Crippen LogP contribution in [0.15, 0.2) is 24.3 Å². The van der Waals surface area contributed by atoms with E-state index in [2.05, 4.69) is 10.6 Å². The van der Waals surface area contributed by atoms with E-state index in [1.165, 1.54) is 0 Å². The fraction of sp³-hybridized carbons (Fsp3) is 0.500. The largest absolute Gasteiger partial charge is 0.387 e. The lowest BCUT2D eigenvalue weighted by Crippen LogP contribution is -2.44. The molecule has 1 rings (SSSR count). The fourth-order valence-electron chi connectivity index (χ4n) is 1.67. The van der Waals surface area contributed by atoms with Crippen molar-refractivity contribution in [3.05, 3.63) is 34.9 Å². The highest BCUT2D eigenvalue weighted by atomic mass is 35.5. The molecule has 0 aromatic heterocycles. The molecule has 6 heteroatoms. The Morgan fingerprint density at radius 1 is 1.45 bits per heavy atom. The first kappa shape index (κ1) is 16.9. The molecule has 0 spiro atoms. The van der Waals surface area contributed by atoms with Gasteiger partial charge >= 0.3 is 0 Å². The lowest BCUT2D eigenvalue weighted by molar-refractivity contribution is -0.123. The quantitative estimate of drug-likeness (QED) is 0.629. The number of benzene rings is 1. The molecule has 0 heterocycles. The van der Waals surface area contributed by atoms with E-state index in [1.807, 2.05) is 6.07 Å². The minimum absolute atomic E-state index is 0.131. The van der Waals surface area contributed by atoms with E-state index < -0.39 is 12.1 Å². The number of rotatable bonds is 8. The van der Waals surface area contributed by atoms with Gasteiger partial charge in [-0.05, 0) is 13.0 Å². The molecule has 0 aliphatic carbocycles. The highest BCUT2D eigenvalue weighted by Crippen LogP contribution is 2.21. The third kappa shape index (κ3) is 5.46. The summed E-state index contributed by atoms with van der Waals surface area (Å²) in [7, 11) is 1.58. The number of carbonyl (C=O) groups excluding carboxylic acids is 1. The van der Waals surface area contributed by atoms with Crippen molar-refractivity contribution in [2.75, 3.05) is 26.8 Å². The predicted octanol–water partition coefficient (Wildman–Crippen LogP) is 1.11. The van der Waals surface area contributed by atoms with Gasteiger partial charge in [0.25, 0.3) is 0 Å². The Morgan fingerprint density at radius 2 is 2.15 bits per heavy atom. The second-order valence-corrected chi connectivity index (χ2v) is 4.86. The third-order valence-electron chi connectivity index (χ3n) is 2.88. The Balaban J connectivity index is 2.38. The van der Waals surface area contributed by atoms with Crippen molar-refractivity contribution in [1.82, 2.24) is 10.6 Å².